The van der Waals surface area contributed by atoms with E-state index in [-0.39, 0.29) is 17.7 Å². The normalized spacial score (nSPS) is 12.0. The number of aromatic amines is 1. The van der Waals surface area contributed by atoms with Gasteiger partial charge in [0.2, 0.25) is 5.95 Å². The number of anilines is 3. The predicted octanol–water partition coefficient (Wildman–Crippen LogP) is 5.36. The van der Waals surface area contributed by atoms with Crippen LogP contribution in [0.5, 0.6) is 5.75 Å². The maximum Gasteiger partial charge on any atom is 0.405 e. The molecule has 7 nitrogen and oxygen atoms in total. The van der Waals surface area contributed by atoms with Crippen molar-refractivity contribution in [1.82, 2.24) is 19.9 Å². The number of fused-ring (bicyclic) bond motifs is 2. The first-order valence-corrected chi connectivity index (χ1v) is 9.65. The number of hydrogen-bond acceptors (Lipinski definition) is 6. The minimum atomic E-state index is -4.36. The molecule has 1 aromatic carbocycles. The zero-order chi connectivity index (χ0) is 22.2. The molecule has 0 aliphatic heterocycles. The fourth-order valence-corrected chi connectivity index (χ4v) is 3.20. The molecular weight excluding hydrogens is 409 g/mol. The summed E-state index contributed by atoms with van der Waals surface area (Å²) in [4.78, 5) is 16.2. The number of benzene rings is 1. The largest absolute Gasteiger partial charge is 0.496 e. The van der Waals surface area contributed by atoms with Crippen LogP contribution < -0.4 is 15.4 Å². The molecule has 0 saturated carbocycles. The maximum absolute atomic E-state index is 12.7. The van der Waals surface area contributed by atoms with Gasteiger partial charge in [-0.15, -0.1) is 0 Å². The van der Waals surface area contributed by atoms with Crippen molar-refractivity contribution in [2.45, 2.75) is 25.9 Å². The van der Waals surface area contributed by atoms with Gasteiger partial charge in [0.05, 0.1) is 18.0 Å². The first kappa shape index (κ1) is 20.7. The van der Waals surface area contributed by atoms with E-state index in [1.54, 1.807) is 19.4 Å². The summed E-state index contributed by atoms with van der Waals surface area (Å²) in [5.41, 5.74) is 2.77. The van der Waals surface area contributed by atoms with Crippen molar-refractivity contribution in [3.63, 3.8) is 0 Å². The van der Waals surface area contributed by atoms with E-state index in [1.807, 2.05) is 24.3 Å². The molecule has 10 heteroatoms. The second kappa shape index (κ2) is 7.93. The smallest absolute Gasteiger partial charge is 0.405 e. The van der Waals surface area contributed by atoms with E-state index in [2.05, 4.69) is 44.4 Å². The molecule has 0 saturated heterocycles. The lowest BCUT2D eigenvalue weighted by Crippen LogP contribution is -2.22. The number of methoxy groups -OCH3 is 1. The van der Waals surface area contributed by atoms with Gasteiger partial charge in [-0.1, -0.05) is 13.8 Å². The lowest BCUT2D eigenvalue weighted by molar-refractivity contribution is -0.115. The van der Waals surface area contributed by atoms with Gasteiger partial charge in [0.1, 0.15) is 23.8 Å². The number of hydrogen-bond donors (Lipinski definition) is 3. The number of alkyl halides is 3. The topological polar surface area (TPSA) is 87.8 Å². The van der Waals surface area contributed by atoms with E-state index in [1.165, 1.54) is 0 Å². The van der Waals surface area contributed by atoms with E-state index in [0.29, 0.717) is 22.5 Å². The molecule has 0 unspecified atom stereocenters. The molecule has 4 aromatic rings. The lowest BCUT2D eigenvalue weighted by Gasteiger charge is -2.13. The first-order chi connectivity index (χ1) is 14.7. The van der Waals surface area contributed by atoms with Gasteiger partial charge in [-0.05, 0) is 30.2 Å². The van der Waals surface area contributed by atoms with Crippen molar-refractivity contribution in [3.05, 3.63) is 42.2 Å². The highest BCUT2D eigenvalue weighted by Crippen LogP contribution is 2.31. The van der Waals surface area contributed by atoms with Crippen molar-refractivity contribution in [3.8, 4) is 5.75 Å². The molecule has 0 atom stereocenters. The zero-order valence-corrected chi connectivity index (χ0v) is 17.1. The second-order valence-corrected chi connectivity index (χ2v) is 7.37. The highest BCUT2D eigenvalue weighted by Gasteiger charge is 2.27. The summed E-state index contributed by atoms with van der Waals surface area (Å²) in [6, 6.07) is 9.02. The average Bonchev–Trinajstić information content (AvgIpc) is 3.19. The third-order valence-corrected chi connectivity index (χ3v) is 4.73. The molecule has 0 spiro atoms. The molecular formula is C21H21F3N6O. The Kier molecular flexibility index (Phi) is 5.30. The van der Waals surface area contributed by atoms with Crippen LogP contribution in [0.2, 0.25) is 0 Å². The molecule has 0 aliphatic rings. The average molecular weight is 430 g/mol. The summed E-state index contributed by atoms with van der Waals surface area (Å²) >= 11 is 0. The van der Waals surface area contributed by atoms with Crippen LogP contribution in [0, 0.1) is 0 Å². The van der Waals surface area contributed by atoms with Gasteiger partial charge in [0.25, 0.3) is 0 Å². The number of rotatable bonds is 6. The predicted molar refractivity (Wildman–Crippen MR) is 114 cm³/mol. The molecule has 4 rings (SSSR count). The van der Waals surface area contributed by atoms with Gasteiger partial charge in [0.15, 0.2) is 0 Å². The monoisotopic (exact) mass is 430 g/mol. The number of H-pyrrole nitrogens is 1. The highest BCUT2D eigenvalue weighted by atomic mass is 19.4. The first-order valence-electron chi connectivity index (χ1n) is 9.65. The fraction of sp³-hybridized carbons (Fsp3) is 0.286. The maximum atomic E-state index is 12.7. The van der Waals surface area contributed by atoms with Gasteiger partial charge < -0.3 is 20.4 Å². The molecule has 0 fully saturated rings. The van der Waals surface area contributed by atoms with Crippen molar-refractivity contribution >= 4 is 39.4 Å². The minimum Gasteiger partial charge on any atom is -0.496 e. The van der Waals surface area contributed by atoms with Crippen LogP contribution >= 0.6 is 0 Å². The van der Waals surface area contributed by atoms with Crippen LogP contribution in [0.3, 0.4) is 0 Å². The Balaban J connectivity index is 1.69. The van der Waals surface area contributed by atoms with E-state index in [0.717, 1.165) is 16.6 Å². The van der Waals surface area contributed by atoms with E-state index >= 15 is 0 Å². The number of aromatic nitrogens is 4. The molecule has 3 aromatic heterocycles. The third-order valence-electron chi connectivity index (χ3n) is 4.73. The van der Waals surface area contributed by atoms with E-state index in [9.17, 15) is 13.2 Å². The number of ether oxygens (including phenoxy) is 1. The van der Waals surface area contributed by atoms with E-state index < -0.39 is 12.7 Å². The van der Waals surface area contributed by atoms with Crippen molar-refractivity contribution in [2.75, 3.05) is 24.3 Å². The SMILES string of the molecule is COc1cc(C(C)C)nc2ccc(Nc3nc(NCC(F)(F)F)c4cc[nH]c4n3)cc12. The Morgan fingerprint density at radius 3 is 2.58 bits per heavy atom. The van der Waals surface area contributed by atoms with Gasteiger partial charge >= 0.3 is 6.18 Å². The van der Waals surface area contributed by atoms with Crippen LogP contribution in [-0.4, -0.2) is 39.8 Å². The Hall–Kier alpha value is -3.56. The quantitative estimate of drug-likeness (QED) is 0.382. The summed E-state index contributed by atoms with van der Waals surface area (Å²) in [7, 11) is 1.60. The van der Waals surface area contributed by atoms with Crippen LogP contribution in [0.15, 0.2) is 36.5 Å². The van der Waals surface area contributed by atoms with Crippen LogP contribution in [-0.2, 0) is 0 Å². The standard InChI is InChI=1S/C21H21F3N6O/c1-11(2)16-9-17(31-3)14-8-12(4-5-15(14)28-16)27-20-29-18-13(6-7-25-18)19(30-20)26-10-21(22,23)24/h4-9,11H,10H2,1-3H3,(H3,25,26,27,29,30). The Morgan fingerprint density at radius 2 is 1.87 bits per heavy atom. The van der Waals surface area contributed by atoms with Gasteiger partial charge in [0, 0.05) is 29.0 Å². The Labute approximate surface area is 176 Å². The second-order valence-electron chi connectivity index (χ2n) is 7.37. The molecule has 162 valence electrons. The molecule has 0 bridgehead atoms. The van der Waals surface area contributed by atoms with Crippen molar-refractivity contribution in [1.29, 1.82) is 0 Å². The summed E-state index contributed by atoms with van der Waals surface area (Å²) in [5.74, 6) is 1.18. The minimum absolute atomic E-state index is 0.0905. The number of halogens is 3. The summed E-state index contributed by atoms with van der Waals surface area (Å²) in [5, 5.41) is 6.67. The summed E-state index contributed by atoms with van der Waals surface area (Å²) in [6.07, 6.45) is -2.77. The number of nitrogens with one attached hydrogen (secondary N) is 3. The van der Waals surface area contributed by atoms with Gasteiger partial charge in [-0.3, -0.25) is 4.98 Å². The van der Waals surface area contributed by atoms with Crippen LogP contribution in [0.25, 0.3) is 21.9 Å². The van der Waals surface area contributed by atoms with Crippen molar-refractivity contribution < 1.29 is 17.9 Å². The molecule has 0 aliphatic carbocycles. The Morgan fingerprint density at radius 1 is 1.06 bits per heavy atom. The number of nitrogens with zero attached hydrogens (tertiary/aromatic N) is 3. The van der Waals surface area contributed by atoms with E-state index in [4.69, 9.17) is 4.74 Å². The van der Waals surface area contributed by atoms with Crippen LogP contribution in [0.1, 0.15) is 25.5 Å². The highest BCUT2D eigenvalue weighted by molar-refractivity contribution is 5.90. The van der Waals surface area contributed by atoms with Gasteiger partial charge in [-0.25, -0.2) is 0 Å². The van der Waals surface area contributed by atoms with Gasteiger partial charge in [-0.2, -0.15) is 23.1 Å². The fourth-order valence-electron chi connectivity index (χ4n) is 3.20. The molecule has 3 heterocycles. The molecule has 31 heavy (non-hydrogen) atoms. The van der Waals surface area contributed by atoms with Crippen molar-refractivity contribution in [2.24, 2.45) is 0 Å². The molecule has 3 N–H and O–H groups in total. The summed E-state index contributed by atoms with van der Waals surface area (Å²) in [6.45, 7) is 2.92. The lowest BCUT2D eigenvalue weighted by atomic mass is 10.1. The number of pyridine rings is 1. The molecule has 0 radical (unpaired) electrons. The summed E-state index contributed by atoms with van der Waals surface area (Å²) < 4.78 is 43.5. The van der Waals surface area contributed by atoms with Crippen LogP contribution in [0.4, 0.5) is 30.6 Å². The third kappa shape index (κ3) is 4.47. The molecule has 0 amide bonds. The zero-order valence-electron chi connectivity index (χ0n) is 17.1. The Bertz CT molecular complexity index is 1240.